The summed E-state index contributed by atoms with van der Waals surface area (Å²) in [6.45, 7) is 4.14. The number of halogens is 2. The summed E-state index contributed by atoms with van der Waals surface area (Å²) in [7, 11) is -3.22. The van der Waals surface area contributed by atoms with E-state index >= 15 is 0 Å². The maximum absolute atomic E-state index is 10.5. The second-order valence-corrected chi connectivity index (χ2v) is 10.0. The van der Waals surface area contributed by atoms with E-state index in [9.17, 15) is 9.11 Å². The third kappa shape index (κ3) is 4.21. The molecule has 4 rings (SSSR count). The van der Waals surface area contributed by atoms with E-state index in [1.165, 1.54) is 4.31 Å². The number of rotatable bonds is 3. The van der Waals surface area contributed by atoms with Gasteiger partial charge in [-0.25, -0.2) is 14.3 Å². The van der Waals surface area contributed by atoms with Crippen molar-refractivity contribution in [1.29, 1.82) is 0 Å². The first kappa shape index (κ1) is 20.4. The first-order chi connectivity index (χ1) is 13.6. The SMILES string of the molecule is CC1(C)CN(c2ncc(-c3ccc(Cl)cc3)c(-c3ccc(Cl)cc3)n2)S(O)(O)N1. The largest absolute Gasteiger partial charge is 0.268 e. The lowest BCUT2D eigenvalue weighted by atomic mass is 10.0. The molecular formula is C20H20Cl2N4O2S. The van der Waals surface area contributed by atoms with Crippen molar-refractivity contribution in [2.45, 2.75) is 19.4 Å². The first-order valence-electron chi connectivity index (χ1n) is 8.88. The molecule has 2 aromatic carbocycles. The molecular weight excluding hydrogens is 431 g/mol. The van der Waals surface area contributed by atoms with E-state index in [0.29, 0.717) is 22.3 Å². The van der Waals surface area contributed by atoms with Crippen LogP contribution >= 0.6 is 34.2 Å². The zero-order chi connectivity index (χ0) is 20.8. The van der Waals surface area contributed by atoms with Crippen molar-refractivity contribution >= 4 is 40.1 Å². The molecule has 9 heteroatoms. The minimum Gasteiger partial charge on any atom is -0.268 e. The van der Waals surface area contributed by atoms with Gasteiger partial charge in [0.1, 0.15) is 0 Å². The van der Waals surface area contributed by atoms with Crippen molar-refractivity contribution in [3.05, 3.63) is 64.8 Å². The highest BCUT2D eigenvalue weighted by atomic mass is 35.5. The van der Waals surface area contributed by atoms with Crippen LogP contribution in [-0.4, -0.2) is 31.2 Å². The predicted octanol–water partition coefficient (Wildman–Crippen LogP) is 5.89. The van der Waals surface area contributed by atoms with Crippen LogP contribution < -0.4 is 9.03 Å². The van der Waals surface area contributed by atoms with Crippen LogP contribution in [0.25, 0.3) is 22.4 Å². The van der Waals surface area contributed by atoms with Gasteiger partial charge in [0.15, 0.2) is 0 Å². The highest BCUT2D eigenvalue weighted by Crippen LogP contribution is 2.49. The summed E-state index contributed by atoms with van der Waals surface area (Å²) in [6, 6.07) is 14.7. The van der Waals surface area contributed by atoms with Gasteiger partial charge in [0.05, 0.1) is 17.8 Å². The Labute approximate surface area is 181 Å². The Morgan fingerprint density at radius 2 is 1.52 bits per heavy atom. The standard InChI is InChI=1S/C20H20Cl2N4O2S/c1-20(2)12-26(29(27,28)25-20)19-23-11-17(13-3-7-15(21)8-4-13)18(24-19)14-5-9-16(22)10-6-14/h3-11,25,27-28H,12H2,1-2H3. The van der Waals surface area contributed by atoms with Crippen LogP contribution in [0.2, 0.25) is 10.0 Å². The molecule has 0 unspecified atom stereocenters. The van der Waals surface area contributed by atoms with Crippen molar-refractivity contribution in [1.82, 2.24) is 14.7 Å². The number of benzene rings is 2. The van der Waals surface area contributed by atoms with Gasteiger partial charge in [-0.05, 0) is 54.6 Å². The Morgan fingerprint density at radius 3 is 2.03 bits per heavy atom. The molecule has 1 aromatic heterocycles. The molecule has 0 bridgehead atoms. The summed E-state index contributed by atoms with van der Waals surface area (Å²) in [5.41, 5.74) is 2.71. The van der Waals surface area contributed by atoms with Gasteiger partial charge in [-0.2, -0.15) is 4.72 Å². The average molecular weight is 451 g/mol. The molecule has 152 valence electrons. The molecule has 0 aliphatic carbocycles. The van der Waals surface area contributed by atoms with Gasteiger partial charge < -0.3 is 0 Å². The quantitative estimate of drug-likeness (QED) is 0.461. The van der Waals surface area contributed by atoms with Crippen molar-refractivity contribution in [3.8, 4) is 22.4 Å². The summed E-state index contributed by atoms with van der Waals surface area (Å²) in [4.78, 5) is 9.16. The lowest BCUT2D eigenvalue weighted by molar-refractivity contribution is 0.454. The molecule has 0 spiro atoms. The molecule has 3 aromatic rings. The molecule has 29 heavy (non-hydrogen) atoms. The zero-order valence-corrected chi connectivity index (χ0v) is 18.1. The normalized spacial score (nSPS) is 18.6. The van der Waals surface area contributed by atoms with E-state index in [1.807, 2.05) is 38.1 Å². The number of nitrogens with zero attached hydrogens (tertiary/aromatic N) is 3. The minimum absolute atomic E-state index is 0.241. The third-order valence-electron chi connectivity index (χ3n) is 4.53. The van der Waals surface area contributed by atoms with Crippen LogP contribution in [0.15, 0.2) is 54.7 Å². The van der Waals surface area contributed by atoms with Gasteiger partial charge in [0, 0.05) is 27.4 Å². The highest BCUT2D eigenvalue weighted by Gasteiger charge is 2.42. The monoisotopic (exact) mass is 450 g/mol. The molecule has 3 N–H and O–H groups in total. The Kier molecular flexibility index (Phi) is 5.23. The molecule has 2 heterocycles. The summed E-state index contributed by atoms with van der Waals surface area (Å²) in [6.07, 6.45) is 1.69. The van der Waals surface area contributed by atoms with Crippen LogP contribution in [0, 0.1) is 0 Å². The predicted molar refractivity (Wildman–Crippen MR) is 120 cm³/mol. The number of anilines is 1. The summed E-state index contributed by atoms with van der Waals surface area (Å²) >= 11 is 12.1. The lowest BCUT2D eigenvalue weighted by Crippen LogP contribution is -2.35. The van der Waals surface area contributed by atoms with Crippen molar-refractivity contribution in [2.75, 3.05) is 10.8 Å². The van der Waals surface area contributed by atoms with Crippen LogP contribution in [-0.2, 0) is 0 Å². The van der Waals surface area contributed by atoms with Crippen LogP contribution in [0.1, 0.15) is 13.8 Å². The average Bonchev–Trinajstić information content (AvgIpc) is 2.90. The number of nitrogens with one attached hydrogen (secondary N) is 1. The third-order valence-corrected chi connectivity index (χ3v) is 6.77. The molecule has 0 saturated carbocycles. The van der Waals surface area contributed by atoms with Crippen LogP contribution in [0.4, 0.5) is 5.95 Å². The fraction of sp³-hybridized carbons (Fsp3) is 0.200. The summed E-state index contributed by atoms with van der Waals surface area (Å²) in [5.74, 6) is 0.241. The Morgan fingerprint density at radius 1 is 0.966 bits per heavy atom. The second-order valence-electron chi connectivity index (χ2n) is 7.49. The molecule has 0 radical (unpaired) electrons. The van der Waals surface area contributed by atoms with Gasteiger partial charge in [0.2, 0.25) is 5.95 Å². The lowest BCUT2D eigenvalue weighted by Gasteiger charge is -2.35. The van der Waals surface area contributed by atoms with Gasteiger partial charge >= 0.3 is 0 Å². The molecule has 1 aliphatic heterocycles. The van der Waals surface area contributed by atoms with E-state index < -0.39 is 16.5 Å². The Balaban J connectivity index is 1.85. The van der Waals surface area contributed by atoms with E-state index in [4.69, 9.17) is 28.2 Å². The fourth-order valence-corrected chi connectivity index (χ4v) is 5.24. The van der Waals surface area contributed by atoms with E-state index in [1.54, 1.807) is 30.5 Å². The molecule has 1 aliphatic rings. The highest BCUT2D eigenvalue weighted by molar-refractivity contribution is 8.24. The molecule has 1 fully saturated rings. The van der Waals surface area contributed by atoms with Crippen LogP contribution in [0.5, 0.6) is 0 Å². The minimum atomic E-state index is -3.22. The zero-order valence-electron chi connectivity index (χ0n) is 15.8. The number of hydrogen-bond acceptors (Lipinski definition) is 6. The number of hydrogen-bond donors (Lipinski definition) is 3. The van der Waals surface area contributed by atoms with E-state index in [-0.39, 0.29) is 5.95 Å². The molecule has 0 atom stereocenters. The van der Waals surface area contributed by atoms with Gasteiger partial charge in [0.25, 0.3) is 0 Å². The van der Waals surface area contributed by atoms with E-state index in [0.717, 1.165) is 16.7 Å². The summed E-state index contributed by atoms with van der Waals surface area (Å²) < 4.78 is 25.3. The van der Waals surface area contributed by atoms with Crippen LogP contribution in [0.3, 0.4) is 0 Å². The van der Waals surface area contributed by atoms with Crippen molar-refractivity contribution in [3.63, 3.8) is 0 Å². The van der Waals surface area contributed by atoms with Crippen molar-refractivity contribution in [2.24, 2.45) is 0 Å². The topological polar surface area (TPSA) is 81.5 Å². The maximum atomic E-state index is 10.5. The molecule has 0 amide bonds. The molecule has 1 saturated heterocycles. The van der Waals surface area contributed by atoms with Crippen molar-refractivity contribution < 1.29 is 9.11 Å². The van der Waals surface area contributed by atoms with E-state index in [2.05, 4.69) is 9.71 Å². The van der Waals surface area contributed by atoms with Gasteiger partial charge in [-0.3, -0.25) is 9.11 Å². The second kappa shape index (κ2) is 7.43. The number of aromatic nitrogens is 2. The first-order valence-corrected chi connectivity index (χ1v) is 11.1. The smallest absolute Gasteiger partial charge is 0.245 e. The van der Waals surface area contributed by atoms with Gasteiger partial charge in [-0.1, -0.05) is 47.5 Å². The summed E-state index contributed by atoms with van der Waals surface area (Å²) in [5, 5.41) is 1.26. The Hall–Kier alpha value is -1.87. The Bertz CT molecular complexity index is 1040. The fourth-order valence-electron chi connectivity index (χ4n) is 3.25. The molecule has 6 nitrogen and oxygen atoms in total. The maximum Gasteiger partial charge on any atom is 0.245 e. The van der Waals surface area contributed by atoms with Gasteiger partial charge in [-0.15, -0.1) is 0 Å².